The van der Waals surface area contributed by atoms with Crippen molar-refractivity contribution in [3.05, 3.63) is 38.3 Å². The molecule has 7 heteroatoms. The van der Waals surface area contributed by atoms with Crippen LogP contribution in [0.4, 0.5) is 5.69 Å². The maximum absolute atomic E-state index is 12.0. The molecule has 0 spiro atoms. The predicted octanol–water partition coefficient (Wildman–Crippen LogP) is 3.49. The zero-order valence-electron chi connectivity index (χ0n) is 10.4. The third-order valence-corrected chi connectivity index (χ3v) is 3.23. The summed E-state index contributed by atoms with van der Waals surface area (Å²) in [7, 11) is 0. The van der Waals surface area contributed by atoms with Crippen molar-refractivity contribution in [3.8, 4) is 0 Å². The molecular formula is C12H14BrClN2O3. The number of non-ortho nitro benzene ring substituents is 1. The molecule has 0 saturated carbocycles. The summed E-state index contributed by atoms with van der Waals surface area (Å²) in [5.41, 5.74) is 0.145. The SMILES string of the molecule is CC(CCCCl)NC(=O)c1cc(Br)cc([N+](=O)[O-])c1. The van der Waals surface area contributed by atoms with Gasteiger partial charge in [0.2, 0.25) is 0 Å². The van der Waals surface area contributed by atoms with Gasteiger partial charge in [0.15, 0.2) is 0 Å². The fourth-order valence-electron chi connectivity index (χ4n) is 1.57. The summed E-state index contributed by atoms with van der Waals surface area (Å²) in [5.74, 6) is 0.217. The lowest BCUT2D eigenvalue weighted by Crippen LogP contribution is -2.32. The highest BCUT2D eigenvalue weighted by molar-refractivity contribution is 9.10. The quantitative estimate of drug-likeness (QED) is 0.485. The molecule has 0 aliphatic carbocycles. The summed E-state index contributed by atoms with van der Waals surface area (Å²) in [6, 6.07) is 4.14. The molecule has 1 aromatic carbocycles. The minimum atomic E-state index is -0.529. The maximum Gasteiger partial charge on any atom is 0.271 e. The van der Waals surface area contributed by atoms with Crippen LogP contribution in [0.3, 0.4) is 0 Å². The molecule has 0 aromatic heterocycles. The van der Waals surface area contributed by atoms with Gasteiger partial charge in [-0.25, -0.2) is 0 Å². The minimum Gasteiger partial charge on any atom is -0.350 e. The van der Waals surface area contributed by atoms with Gasteiger partial charge in [0.25, 0.3) is 11.6 Å². The summed E-state index contributed by atoms with van der Waals surface area (Å²) in [6.45, 7) is 1.87. The number of halogens is 2. The Labute approximate surface area is 124 Å². The Morgan fingerprint density at radius 1 is 1.53 bits per heavy atom. The molecule has 1 aromatic rings. The van der Waals surface area contributed by atoms with E-state index in [9.17, 15) is 14.9 Å². The third-order valence-electron chi connectivity index (χ3n) is 2.50. The second-order valence-corrected chi connectivity index (χ2v) is 5.45. The van der Waals surface area contributed by atoms with E-state index in [2.05, 4.69) is 21.2 Å². The number of hydrogen-bond donors (Lipinski definition) is 1. The number of hydrogen-bond acceptors (Lipinski definition) is 3. The molecular weight excluding hydrogens is 336 g/mol. The highest BCUT2D eigenvalue weighted by Crippen LogP contribution is 2.21. The van der Waals surface area contributed by atoms with Gasteiger partial charge in [0.05, 0.1) is 4.92 Å². The molecule has 1 rings (SSSR count). The lowest BCUT2D eigenvalue weighted by Gasteiger charge is -2.13. The fraction of sp³-hybridized carbons (Fsp3) is 0.417. The second-order valence-electron chi connectivity index (χ2n) is 4.16. The summed E-state index contributed by atoms with van der Waals surface area (Å²) < 4.78 is 0.500. The molecule has 0 heterocycles. The van der Waals surface area contributed by atoms with Crippen molar-refractivity contribution >= 4 is 39.1 Å². The number of nitrogens with one attached hydrogen (secondary N) is 1. The number of amides is 1. The fourth-order valence-corrected chi connectivity index (χ4v) is 2.21. The molecule has 1 N–H and O–H groups in total. The van der Waals surface area contributed by atoms with Crippen LogP contribution in [0, 0.1) is 10.1 Å². The number of rotatable bonds is 6. The van der Waals surface area contributed by atoms with Crippen molar-refractivity contribution in [1.82, 2.24) is 5.32 Å². The molecule has 0 aliphatic heterocycles. The molecule has 0 bridgehead atoms. The topological polar surface area (TPSA) is 72.2 Å². The van der Waals surface area contributed by atoms with Gasteiger partial charge >= 0.3 is 0 Å². The van der Waals surface area contributed by atoms with E-state index in [1.165, 1.54) is 12.1 Å². The van der Waals surface area contributed by atoms with Crippen molar-refractivity contribution in [3.63, 3.8) is 0 Å². The highest BCUT2D eigenvalue weighted by atomic mass is 79.9. The first kappa shape index (κ1) is 15.9. The molecule has 0 aliphatic rings. The van der Waals surface area contributed by atoms with Gasteiger partial charge in [-0.15, -0.1) is 11.6 Å². The zero-order chi connectivity index (χ0) is 14.4. The van der Waals surface area contributed by atoms with E-state index in [1.807, 2.05) is 6.92 Å². The number of alkyl halides is 1. The van der Waals surface area contributed by atoms with Gasteiger partial charge in [-0.05, 0) is 25.8 Å². The second kappa shape index (κ2) is 7.45. The lowest BCUT2D eigenvalue weighted by molar-refractivity contribution is -0.385. The van der Waals surface area contributed by atoms with Gasteiger partial charge < -0.3 is 5.32 Å². The van der Waals surface area contributed by atoms with Crippen LogP contribution in [0.1, 0.15) is 30.1 Å². The van der Waals surface area contributed by atoms with Crippen LogP contribution in [0.15, 0.2) is 22.7 Å². The molecule has 1 atom stereocenters. The van der Waals surface area contributed by atoms with Crippen molar-refractivity contribution in [1.29, 1.82) is 0 Å². The van der Waals surface area contributed by atoms with Crippen LogP contribution in [-0.2, 0) is 0 Å². The van der Waals surface area contributed by atoms with Crippen molar-refractivity contribution < 1.29 is 9.72 Å². The number of carbonyl (C=O) groups excluding carboxylic acids is 1. The van der Waals surface area contributed by atoms with E-state index < -0.39 is 4.92 Å². The minimum absolute atomic E-state index is 0.0238. The average molecular weight is 350 g/mol. The molecule has 0 radical (unpaired) electrons. The third kappa shape index (κ3) is 5.16. The van der Waals surface area contributed by atoms with Gasteiger partial charge in [-0.1, -0.05) is 15.9 Å². The van der Waals surface area contributed by atoms with E-state index in [0.29, 0.717) is 10.4 Å². The van der Waals surface area contributed by atoms with Crippen LogP contribution in [0.2, 0.25) is 0 Å². The van der Waals surface area contributed by atoms with E-state index >= 15 is 0 Å². The summed E-state index contributed by atoms with van der Waals surface area (Å²) in [5, 5.41) is 13.5. The van der Waals surface area contributed by atoms with Crippen molar-refractivity contribution in [2.45, 2.75) is 25.8 Å². The van der Waals surface area contributed by atoms with Crippen LogP contribution < -0.4 is 5.32 Å². The van der Waals surface area contributed by atoms with E-state index in [0.717, 1.165) is 12.8 Å². The van der Waals surface area contributed by atoms with Gasteiger partial charge in [0, 0.05) is 34.1 Å². The normalized spacial score (nSPS) is 11.9. The van der Waals surface area contributed by atoms with Gasteiger partial charge in [-0.2, -0.15) is 0 Å². The summed E-state index contributed by atoms with van der Waals surface area (Å²) in [4.78, 5) is 22.2. The lowest BCUT2D eigenvalue weighted by atomic mass is 10.1. The number of carbonyl (C=O) groups is 1. The van der Waals surface area contributed by atoms with Crippen molar-refractivity contribution in [2.75, 3.05) is 5.88 Å². The van der Waals surface area contributed by atoms with E-state index in [4.69, 9.17) is 11.6 Å². The first-order chi connectivity index (χ1) is 8.93. The number of nitro benzene ring substituents is 1. The van der Waals surface area contributed by atoms with Gasteiger partial charge in [0.1, 0.15) is 0 Å². The Kier molecular flexibility index (Phi) is 6.24. The van der Waals surface area contributed by atoms with Crippen LogP contribution in [-0.4, -0.2) is 22.8 Å². The Morgan fingerprint density at radius 3 is 2.79 bits per heavy atom. The first-order valence-electron chi connectivity index (χ1n) is 5.76. The summed E-state index contributed by atoms with van der Waals surface area (Å²) in [6.07, 6.45) is 1.58. The molecule has 104 valence electrons. The summed E-state index contributed by atoms with van der Waals surface area (Å²) >= 11 is 8.74. The number of nitrogens with zero attached hydrogens (tertiary/aromatic N) is 1. The van der Waals surface area contributed by atoms with Crippen LogP contribution >= 0.6 is 27.5 Å². The molecule has 1 unspecified atom stereocenters. The molecule has 0 fully saturated rings. The average Bonchev–Trinajstić information content (AvgIpc) is 2.35. The Bertz CT molecular complexity index is 482. The Balaban J connectivity index is 2.79. The van der Waals surface area contributed by atoms with Crippen LogP contribution in [0.25, 0.3) is 0 Å². The van der Waals surface area contributed by atoms with E-state index in [-0.39, 0.29) is 23.2 Å². The maximum atomic E-state index is 12.0. The molecule has 1 amide bonds. The van der Waals surface area contributed by atoms with E-state index in [1.54, 1.807) is 6.07 Å². The largest absolute Gasteiger partial charge is 0.350 e. The predicted molar refractivity (Wildman–Crippen MR) is 77.7 cm³/mol. The Hall–Kier alpha value is -1.14. The standard InChI is InChI=1S/C12H14BrClN2O3/c1-8(3-2-4-14)15-12(17)9-5-10(13)7-11(6-9)16(18)19/h5-8H,2-4H2,1H3,(H,15,17). The monoisotopic (exact) mass is 348 g/mol. The number of benzene rings is 1. The molecule has 19 heavy (non-hydrogen) atoms. The first-order valence-corrected chi connectivity index (χ1v) is 7.08. The number of nitro groups is 1. The van der Waals surface area contributed by atoms with Crippen molar-refractivity contribution in [2.24, 2.45) is 0 Å². The highest BCUT2D eigenvalue weighted by Gasteiger charge is 2.15. The van der Waals surface area contributed by atoms with Crippen LogP contribution in [0.5, 0.6) is 0 Å². The molecule has 5 nitrogen and oxygen atoms in total. The smallest absolute Gasteiger partial charge is 0.271 e. The molecule has 0 saturated heterocycles. The zero-order valence-corrected chi connectivity index (χ0v) is 12.7. The Morgan fingerprint density at radius 2 is 2.21 bits per heavy atom. The van der Waals surface area contributed by atoms with Gasteiger partial charge in [-0.3, -0.25) is 14.9 Å².